The van der Waals surface area contributed by atoms with E-state index in [0.717, 1.165) is 12.1 Å². The predicted molar refractivity (Wildman–Crippen MR) is 86.9 cm³/mol. The second kappa shape index (κ2) is 11.6. The highest BCUT2D eigenvalue weighted by molar-refractivity contribution is 6.60. The normalized spacial score (nSPS) is 13.2. The highest BCUT2D eigenvalue weighted by Gasteiger charge is 2.36. The van der Waals surface area contributed by atoms with Gasteiger partial charge in [-0.2, -0.15) is 0 Å². The highest BCUT2D eigenvalue weighted by atomic mass is 28.4. The molecule has 23 heavy (non-hydrogen) atoms. The van der Waals surface area contributed by atoms with Gasteiger partial charge in [0, 0.05) is 40.2 Å². The monoisotopic (exact) mass is 345 g/mol. The Bertz CT molecular complexity index is 396. The van der Waals surface area contributed by atoms with Gasteiger partial charge in [0.2, 0.25) is 0 Å². The molecule has 8 heteroatoms. The molecule has 0 spiro atoms. The molecule has 0 amide bonds. The third-order valence-electron chi connectivity index (χ3n) is 3.30. The number of aliphatic hydroxyl groups is 1. The number of hydrogen-bond donors (Lipinski definition) is 1. The Morgan fingerprint density at radius 2 is 1.78 bits per heavy atom. The van der Waals surface area contributed by atoms with Crippen LogP contribution >= 0.6 is 0 Å². The summed E-state index contributed by atoms with van der Waals surface area (Å²) in [6.07, 6.45) is 1.79. The number of pyridine rings is 1. The molecule has 1 rings (SSSR count). The maximum atomic E-state index is 9.79. The Balaban J connectivity index is 2.06. The van der Waals surface area contributed by atoms with E-state index in [-0.39, 0.29) is 13.2 Å². The van der Waals surface area contributed by atoms with Crippen molar-refractivity contribution in [2.45, 2.75) is 25.2 Å². The molecule has 0 aliphatic carbocycles. The minimum Gasteiger partial charge on any atom is -0.388 e. The molecule has 1 N–H and O–H groups in total. The quantitative estimate of drug-likeness (QED) is 0.426. The summed E-state index contributed by atoms with van der Waals surface area (Å²) < 4.78 is 26.8. The summed E-state index contributed by atoms with van der Waals surface area (Å²) >= 11 is 0. The van der Waals surface area contributed by atoms with E-state index in [1.54, 1.807) is 27.5 Å². The van der Waals surface area contributed by atoms with Crippen LogP contribution in [0.1, 0.15) is 12.1 Å². The summed E-state index contributed by atoms with van der Waals surface area (Å²) in [5.41, 5.74) is 0.834. The van der Waals surface area contributed by atoms with Gasteiger partial charge in [0.1, 0.15) is 6.10 Å². The van der Waals surface area contributed by atoms with Crippen LogP contribution in [0.5, 0.6) is 0 Å². The number of aliphatic hydroxyl groups excluding tert-OH is 1. The molecule has 1 atom stereocenters. The molecule has 132 valence electrons. The zero-order chi connectivity index (χ0) is 17.0. The van der Waals surface area contributed by atoms with Gasteiger partial charge in [0.15, 0.2) is 0 Å². The van der Waals surface area contributed by atoms with Gasteiger partial charge >= 0.3 is 8.80 Å². The lowest BCUT2D eigenvalue weighted by Gasteiger charge is -2.24. The molecule has 1 heterocycles. The van der Waals surface area contributed by atoms with Gasteiger partial charge in [0.25, 0.3) is 0 Å². The van der Waals surface area contributed by atoms with Crippen LogP contribution in [0.2, 0.25) is 6.04 Å². The molecule has 0 radical (unpaired) electrons. The molecule has 1 aromatic heterocycles. The summed E-state index contributed by atoms with van der Waals surface area (Å²) in [4.78, 5) is 4.14. The average molecular weight is 345 g/mol. The second-order valence-corrected chi connectivity index (χ2v) is 8.05. The third-order valence-corrected chi connectivity index (χ3v) is 6.13. The minimum absolute atomic E-state index is 0.212. The lowest BCUT2D eigenvalue weighted by molar-refractivity contribution is -0.0243. The highest BCUT2D eigenvalue weighted by Crippen LogP contribution is 2.14. The van der Waals surface area contributed by atoms with Gasteiger partial charge in [-0.25, -0.2) is 0 Å². The summed E-state index contributed by atoms with van der Waals surface area (Å²) in [6.45, 7) is 1.32. The standard InChI is InChI=1S/C15H27NO6Si/c1-18-23(19-2,20-3)10-6-9-21-12-15(17)13-22-11-14-7-4-5-8-16-14/h4-5,7-8,15,17H,6,9-13H2,1-3H3. The first-order valence-electron chi connectivity index (χ1n) is 7.54. The molecular weight excluding hydrogens is 318 g/mol. The van der Waals surface area contributed by atoms with Crippen LogP contribution in [0.25, 0.3) is 0 Å². The number of aromatic nitrogens is 1. The van der Waals surface area contributed by atoms with Crippen molar-refractivity contribution in [2.24, 2.45) is 0 Å². The molecule has 0 saturated heterocycles. The Morgan fingerprint density at radius 3 is 2.39 bits per heavy atom. The molecule has 1 unspecified atom stereocenters. The summed E-state index contributed by atoms with van der Waals surface area (Å²) in [5, 5.41) is 9.79. The number of rotatable bonds is 13. The van der Waals surface area contributed by atoms with E-state index in [1.807, 2.05) is 18.2 Å². The first-order chi connectivity index (χ1) is 11.2. The molecule has 0 aliphatic heterocycles. The van der Waals surface area contributed by atoms with E-state index in [4.69, 9.17) is 22.8 Å². The Kier molecular flexibility index (Phi) is 10.2. The zero-order valence-corrected chi connectivity index (χ0v) is 15.1. The zero-order valence-electron chi connectivity index (χ0n) is 14.1. The fourth-order valence-corrected chi connectivity index (χ4v) is 3.69. The topological polar surface area (TPSA) is 79.3 Å². The molecule has 1 aromatic rings. The van der Waals surface area contributed by atoms with Gasteiger partial charge < -0.3 is 27.9 Å². The third kappa shape index (κ3) is 7.98. The fourth-order valence-electron chi connectivity index (χ4n) is 2.00. The van der Waals surface area contributed by atoms with Crippen molar-refractivity contribution in [3.8, 4) is 0 Å². The minimum atomic E-state index is -2.53. The Hall–Kier alpha value is -0.873. The molecule has 7 nitrogen and oxygen atoms in total. The van der Waals surface area contributed by atoms with Crippen molar-refractivity contribution in [2.75, 3.05) is 41.2 Å². The van der Waals surface area contributed by atoms with Crippen LogP contribution in [0, 0.1) is 0 Å². The van der Waals surface area contributed by atoms with Gasteiger partial charge in [-0.1, -0.05) is 6.07 Å². The maximum absolute atomic E-state index is 9.79. The van der Waals surface area contributed by atoms with E-state index in [9.17, 15) is 5.11 Å². The van der Waals surface area contributed by atoms with Crippen molar-refractivity contribution in [3.05, 3.63) is 30.1 Å². The van der Waals surface area contributed by atoms with E-state index < -0.39 is 14.9 Å². The van der Waals surface area contributed by atoms with Gasteiger partial charge in [-0.3, -0.25) is 4.98 Å². The van der Waals surface area contributed by atoms with E-state index in [1.165, 1.54) is 0 Å². The van der Waals surface area contributed by atoms with Crippen LogP contribution < -0.4 is 0 Å². The summed E-state index contributed by atoms with van der Waals surface area (Å²) in [5.74, 6) is 0. The fraction of sp³-hybridized carbons (Fsp3) is 0.667. The maximum Gasteiger partial charge on any atom is 0.500 e. The largest absolute Gasteiger partial charge is 0.500 e. The Morgan fingerprint density at radius 1 is 1.09 bits per heavy atom. The smallest absolute Gasteiger partial charge is 0.388 e. The Labute approximate surface area is 138 Å². The van der Waals surface area contributed by atoms with E-state index in [2.05, 4.69) is 4.98 Å². The number of hydrogen-bond acceptors (Lipinski definition) is 7. The van der Waals surface area contributed by atoms with Crippen molar-refractivity contribution < 1.29 is 27.9 Å². The molecule has 0 aromatic carbocycles. The average Bonchev–Trinajstić information content (AvgIpc) is 2.59. The summed E-state index contributed by atoms with van der Waals surface area (Å²) in [6, 6.07) is 6.29. The predicted octanol–water partition coefficient (Wildman–Crippen LogP) is 1.24. The van der Waals surface area contributed by atoms with Gasteiger partial charge in [-0.05, 0) is 18.6 Å². The SMILES string of the molecule is CO[Si](CCCOCC(O)COCc1ccccn1)(OC)OC. The molecule has 0 aliphatic rings. The van der Waals surface area contributed by atoms with E-state index >= 15 is 0 Å². The molecular formula is C15H27NO6Si. The second-order valence-electron chi connectivity index (χ2n) is 4.96. The summed E-state index contributed by atoms with van der Waals surface area (Å²) in [7, 11) is 2.23. The van der Waals surface area contributed by atoms with Crippen LogP contribution in [0.15, 0.2) is 24.4 Å². The van der Waals surface area contributed by atoms with Crippen molar-refractivity contribution in [1.82, 2.24) is 4.98 Å². The lowest BCUT2D eigenvalue weighted by atomic mass is 10.3. The number of ether oxygens (including phenoxy) is 2. The van der Waals surface area contributed by atoms with E-state index in [0.29, 0.717) is 19.3 Å². The van der Waals surface area contributed by atoms with Crippen molar-refractivity contribution in [3.63, 3.8) is 0 Å². The van der Waals surface area contributed by atoms with Crippen molar-refractivity contribution in [1.29, 1.82) is 0 Å². The first-order valence-corrected chi connectivity index (χ1v) is 9.48. The van der Waals surface area contributed by atoms with Gasteiger partial charge in [-0.15, -0.1) is 0 Å². The first kappa shape index (κ1) is 20.2. The van der Waals surface area contributed by atoms with Crippen LogP contribution in [0.3, 0.4) is 0 Å². The molecule has 0 fully saturated rings. The van der Waals surface area contributed by atoms with Crippen LogP contribution in [0.4, 0.5) is 0 Å². The van der Waals surface area contributed by atoms with Crippen molar-refractivity contribution >= 4 is 8.80 Å². The van der Waals surface area contributed by atoms with Crippen LogP contribution in [-0.4, -0.2) is 66.1 Å². The number of nitrogens with zero attached hydrogens (tertiary/aromatic N) is 1. The van der Waals surface area contributed by atoms with Crippen LogP contribution in [-0.2, 0) is 29.4 Å². The molecule has 0 bridgehead atoms. The molecule has 0 saturated carbocycles. The van der Waals surface area contributed by atoms with Gasteiger partial charge in [0.05, 0.1) is 25.5 Å². The lowest BCUT2D eigenvalue weighted by Crippen LogP contribution is -2.42.